The number of anilines is 1. The van der Waals surface area contributed by atoms with Crippen molar-refractivity contribution in [3.63, 3.8) is 0 Å². The Morgan fingerprint density at radius 3 is 2.19 bits per heavy atom. The predicted molar refractivity (Wildman–Crippen MR) is 126 cm³/mol. The highest BCUT2D eigenvalue weighted by Gasteiger charge is 2.28. The number of hydrogen-bond donors (Lipinski definition) is 1. The Balaban J connectivity index is 1.37. The van der Waals surface area contributed by atoms with Crippen LogP contribution >= 0.6 is 0 Å². The van der Waals surface area contributed by atoms with Crippen LogP contribution in [-0.2, 0) is 10.2 Å². The standard InChI is InChI=1S/C27H30N2O2/c1-27(2,3)21-11-13-22(14-12-21)28-25(30)20-15-17-29(18-16-20)26(31)24-10-6-8-19-7-4-5-9-23(19)24/h4-14,20H,15-18H2,1-3H3,(H,28,30). The van der Waals surface area contributed by atoms with Crippen LogP contribution in [0.4, 0.5) is 5.69 Å². The Kier molecular flexibility index (Phi) is 5.81. The number of piperidine rings is 1. The summed E-state index contributed by atoms with van der Waals surface area (Å²) in [5.74, 6) is 0.0213. The number of hydrogen-bond acceptors (Lipinski definition) is 2. The summed E-state index contributed by atoms with van der Waals surface area (Å²) in [4.78, 5) is 27.8. The van der Waals surface area contributed by atoms with Crippen LogP contribution in [0.2, 0.25) is 0 Å². The van der Waals surface area contributed by atoms with Crippen molar-refractivity contribution >= 4 is 28.3 Å². The topological polar surface area (TPSA) is 49.4 Å². The molecule has 0 aliphatic carbocycles. The van der Waals surface area contributed by atoms with Crippen molar-refractivity contribution in [2.24, 2.45) is 5.92 Å². The van der Waals surface area contributed by atoms with Gasteiger partial charge in [-0.3, -0.25) is 9.59 Å². The molecule has 0 atom stereocenters. The van der Waals surface area contributed by atoms with Gasteiger partial charge in [0.25, 0.3) is 5.91 Å². The van der Waals surface area contributed by atoms with E-state index in [4.69, 9.17) is 0 Å². The van der Waals surface area contributed by atoms with Gasteiger partial charge in [0.2, 0.25) is 5.91 Å². The maximum absolute atomic E-state index is 13.1. The molecule has 0 saturated carbocycles. The fraction of sp³-hybridized carbons (Fsp3) is 0.333. The molecule has 1 aliphatic heterocycles. The molecule has 2 amide bonds. The molecule has 3 aromatic carbocycles. The van der Waals surface area contributed by atoms with Crippen molar-refractivity contribution in [1.29, 1.82) is 0 Å². The first-order valence-corrected chi connectivity index (χ1v) is 11.0. The Labute approximate surface area is 184 Å². The molecule has 160 valence electrons. The van der Waals surface area contributed by atoms with Crippen LogP contribution in [0.25, 0.3) is 10.8 Å². The summed E-state index contributed by atoms with van der Waals surface area (Å²) in [6.45, 7) is 7.72. The Morgan fingerprint density at radius 1 is 0.871 bits per heavy atom. The van der Waals surface area contributed by atoms with Crippen molar-refractivity contribution in [3.8, 4) is 0 Å². The summed E-state index contributed by atoms with van der Waals surface area (Å²) in [5.41, 5.74) is 2.89. The SMILES string of the molecule is CC(C)(C)c1ccc(NC(=O)C2CCN(C(=O)c3cccc4ccccc34)CC2)cc1. The van der Waals surface area contributed by atoms with Gasteiger partial charge < -0.3 is 10.2 Å². The smallest absolute Gasteiger partial charge is 0.254 e. The lowest BCUT2D eigenvalue weighted by Crippen LogP contribution is -2.41. The van der Waals surface area contributed by atoms with Gasteiger partial charge in [0.15, 0.2) is 0 Å². The molecule has 0 aromatic heterocycles. The van der Waals surface area contributed by atoms with Crippen LogP contribution in [0.1, 0.15) is 49.5 Å². The molecule has 1 heterocycles. The van der Waals surface area contributed by atoms with Crippen LogP contribution in [0.15, 0.2) is 66.7 Å². The highest BCUT2D eigenvalue weighted by molar-refractivity contribution is 6.07. The molecule has 31 heavy (non-hydrogen) atoms. The molecule has 0 radical (unpaired) electrons. The molecule has 1 N–H and O–H groups in total. The van der Waals surface area contributed by atoms with E-state index < -0.39 is 0 Å². The van der Waals surface area contributed by atoms with Crippen molar-refractivity contribution in [3.05, 3.63) is 77.9 Å². The first-order chi connectivity index (χ1) is 14.8. The van der Waals surface area contributed by atoms with Gasteiger partial charge >= 0.3 is 0 Å². The molecule has 0 bridgehead atoms. The van der Waals surface area contributed by atoms with E-state index in [2.05, 4.69) is 38.2 Å². The summed E-state index contributed by atoms with van der Waals surface area (Å²) in [5, 5.41) is 5.10. The molecular formula is C27H30N2O2. The maximum Gasteiger partial charge on any atom is 0.254 e. The van der Waals surface area contributed by atoms with E-state index in [0.29, 0.717) is 25.9 Å². The molecule has 4 heteroatoms. The average molecular weight is 415 g/mol. The van der Waals surface area contributed by atoms with Crippen LogP contribution in [0.3, 0.4) is 0 Å². The Morgan fingerprint density at radius 2 is 1.52 bits per heavy atom. The number of amides is 2. The van der Waals surface area contributed by atoms with Gasteiger partial charge in [0.1, 0.15) is 0 Å². The molecule has 4 nitrogen and oxygen atoms in total. The van der Waals surface area contributed by atoms with Gasteiger partial charge in [-0.15, -0.1) is 0 Å². The average Bonchev–Trinajstić information content (AvgIpc) is 2.78. The third-order valence-electron chi connectivity index (χ3n) is 6.19. The molecule has 1 saturated heterocycles. The number of nitrogens with one attached hydrogen (secondary N) is 1. The highest BCUT2D eigenvalue weighted by Crippen LogP contribution is 2.26. The Hall–Kier alpha value is -3.14. The van der Waals surface area contributed by atoms with Crippen molar-refractivity contribution in [1.82, 2.24) is 4.90 Å². The van der Waals surface area contributed by atoms with Crippen LogP contribution in [0.5, 0.6) is 0 Å². The number of rotatable bonds is 3. The number of carbonyl (C=O) groups excluding carboxylic acids is 2. The van der Waals surface area contributed by atoms with E-state index in [0.717, 1.165) is 22.0 Å². The zero-order valence-electron chi connectivity index (χ0n) is 18.5. The van der Waals surface area contributed by atoms with E-state index in [9.17, 15) is 9.59 Å². The lowest BCUT2D eigenvalue weighted by atomic mass is 9.87. The summed E-state index contributed by atoms with van der Waals surface area (Å²) in [6.07, 6.45) is 1.37. The van der Waals surface area contributed by atoms with Crippen LogP contribution < -0.4 is 5.32 Å². The molecule has 1 aliphatic rings. The highest BCUT2D eigenvalue weighted by atomic mass is 16.2. The number of fused-ring (bicyclic) bond motifs is 1. The fourth-order valence-corrected chi connectivity index (χ4v) is 4.22. The second-order valence-electron chi connectivity index (χ2n) is 9.41. The number of carbonyl (C=O) groups is 2. The Bertz CT molecular complexity index is 1080. The molecule has 3 aromatic rings. The number of likely N-dealkylation sites (tertiary alicyclic amines) is 1. The van der Waals surface area contributed by atoms with Gasteiger partial charge in [0.05, 0.1) is 0 Å². The van der Waals surface area contributed by atoms with Crippen LogP contribution in [0, 0.1) is 5.92 Å². The predicted octanol–water partition coefficient (Wildman–Crippen LogP) is 5.63. The van der Waals surface area contributed by atoms with Gasteiger partial charge in [-0.2, -0.15) is 0 Å². The van der Waals surface area contributed by atoms with E-state index in [1.54, 1.807) is 0 Å². The summed E-state index contributed by atoms with van der Waals surface area (Å²) in [6, 6.07) is 21.9. The lowest BCUT2D eigenvalue weighted by molar-refractivity contribution is -0.121. The van der Waals surface area contributed by atoms with E-state index >= 15 is 0 Å². The minimum absolute atomic E-state index is 0.0424. The minimum atomic E-state index is -0.0705. The van der Waals surface area contributed by atoms with Gasteiger partial charge in [-0.25, -0.2) is 0 Å². The van der Waals surface area contributed by atoms with Gasteiger partial charge in [-0.1, -0.05) is 69.3 Å². The van der Waals surface area contributed by atoms with Gasteiger partial charge in [-0.05, 0) is 52.8 Å². The third-order valence-corrected chi connectivity index (χ3v) is 6.19. The second-order valence-corrected chi connectivity index (χ2v) is 9.41. The van der Waals surface area contributed by atoms with Gasteiger partial charge in [0, 0.05) is 30.3 Å². The molecule has 0 unspecified atom stereocenters. The van der Waals surface area contributed by atoms with Crippen molar-refractivity contribution in [2.45, 2.75) is 39.0 Å². The first-order valence-electron chi connectivity index (χ1n) is 11.0. The van der Waals surface area contributed by atoms with E-state index in [1.807, 2.05) is 59.5 Å². The summed E-state index contributed by atoms with van der Waals surface area (Å²) < 4.78 is 0. The summed E-state index contributed by atoms with van der Waals surface area (Å²) >= 11 is 0. The summed E-state index contributed by atoms with van der Waals surface area (Å²) in [7, 11) is 0. The fourth-order valence-electron chi connectivity index (χ4n) is 4.22. The zero-order chi connectivity index (χ0) is 22.0. The monoisotopic (exact) mass is 414 g/mol. The van der Waals surface area contributed by atoms with E-state index in [1.165, 1.54) is 5.56 Å². The first kappa shape index (κ1) is 21.1. The zero-order valence-corrected chi connectivity index (χ0v) is 18.5. The van der Waals surface area contributed by atoms with Crippen LogP contribution in [-0.4, -0.2) is 29.8 Å². The number of benzene rings is 3. The second kappa shape index (κ2) is 8.54. The van der Waals surface area contributed by atoms with Crippen molar-refractivity contribution < 1.29 is 9.59 Å². The number of nitrogens with zero attached hydrogens (tertiary/aromatic N) is 1. The van der Waals surface area contributed by atoms with E-state index in [-0.39, 0.29) is 23.1 Å². The normalized spacial score (nSPS) is 15.1. The minimum Gasteiger partial charge on any atom is -0.339 e. The molecule has 0 spiro atoms. The van der Waals surface area contributed by atoms with Crippen molar-refractivity contribution in [2.75, 3.05) is 18.4 Å². The molecular weight excluding hydrogens is 384 g/mol. The maximum atomic E-state index is 13.1. The largest absolute Gasteiger partial charge is 0.339 e. The molecule has 1 fully saturated rings. The lowest BCUT2D eigenvalue weighted by Gasteiger charge is -2.31. The third kappa shape index (κ3) is 4.63. The quantitative estimate of drug-likeness (QED) is 0.604. The molecule has 4 rings (SSSR count).